The monoisotopic (exact) mass is 445 g/mol. The largest absolute Gasteiger partial charge is 0.504 e. The number of aromatic nitrogens is 1. The first-order valence-electron chi connectivity index (χ1n) is 10.7. The summed E-state index contributed by atoms with van der Waals surface area (Å²) in [7, 11) is 1.53. The lowest BCUT2D eigenvalue weighted by molar-refractivity contribution is 0.0385. The molecule has 4 heterocycles. The molecule has 1 aromatic carbocycles. The second kappa shape index (κ2) is 8.91. The first-order valence-corrected chi connectivity index (χ1v) is 10.7. The van der Waals surface area contributed by atoms with E-state index in [0.717, 1.165) is 23.1 Å². The van der Waals surface area contributed by atoms with E-state index >= 15 is 0 Å². The van der Waals surface area contributed by atoms with Crippen molar-refractivity contribution in [3.8, 4) is 5.75 Å². The van der Waals surface area contributed by atoms with Gasteiger partial charge >= 0.3 is 5.97 Å². The number of ether oxygens (including phenoxy) is 2. The smallest absolute Gasteiger partial charge is 0.347 e. The Hall–Kier alpha value is -3.91. The lowest BCUT2D eigenvalue weighted by atomic mass is 10.00. The number of hydrogen-bond donors (Lipinski definition) is 1. The van der Waals surface area contributed by atoms with Crippen molar-refractivity contribution in [1.82, 2.24) is 4.98 Å². The van der Waals surface area contributed by atoms with Crippen LogP contribution in [0.15, 0.2) is 52.0 Å². The van der Waals surface area contributed by atoms with Crippen molar-refractivity contribution < 1.29 is 23.8 Å². The minimum absolute atomic E-state index is 0.0127. The molecule has 33 heavy (non-hydrogen) atoms. The summed E-state index contributed by atoms with van der Waals surface area (Å²) in [6.07, 6.45) is 5.80. The molecule has 0 bridgehead atoms. The highest BCUT2D eigenvalue weighted by molar-refractivity contribution is 6.21. The van der Waals surface area contributed by atoms with Crippen LogP contribution in [0.4, 0.5) is 11.7 Å². The Labute approximate surface area is 190 Å². The minimum Gasteiger partial charge on any atom is -0.504 e. The van der Waals surface area contributed by atoms with Crippen LogP contribution in [0.2, 0.25) is 0 Å². The second-order valence-electron chi connectivity index (χ2n) is 7.80. The number of hydrogen-bond acceptors (Lipinski definition) is 8. The molecule has 0 fully saturated rings. The van der Waals surface area contributed by atoms with Crippen LogP contribution in [0.1, 0.15) is 32.8 Å². The van der Waals surface area contributed by atoms with Gasteiger partial charge in [0.15, 0.2) is 22.9 Å². The zero-order valence-corrected chi connectivity index (χ0v) is 18.2. The van der Waals surface area contributed by atoms with Gasteiger partial charge in [0, 0.05) is 43.7 Å². The van der Waals surface area contributed by atoms with E-state index in [2.05, 4.69) is 22.1 Å². The Morgan fingerprint density at radius 3 is 2.91 bits per heavy atom. The number of allylic oxidation sites excluding steroid dienone is 1. The lowest BCUT2D eigenvalue weighted by Crippen LogP contribution is -2.31. The molecule has 0 spiro atoms. The quantitative estimate of drug-likeness (QED) is 0.452. The molecule has 0 unspecified atom stereocenters. The number of rotatable bonds is 6. The fourth-order valence-electron chi connectivity index (χ4n) is 4.07. The van der Waals surface area contributed by atoms with Crippen LogP contribution >= 0.6 is 0 Å². The van der Waals surface area contributed by atoms with Gasteiger partial charge in [-0.15, -0.1) is 0 Å². The molecule has 0 saturated heterocycles. The molecule has 8 heteroatoms. The lowest BCUT2D eigenvalue weighted by Gasteiger charge is -2.29. The van der Waals surface area contributed by atoms with E-state index in [0.29, 0.717) is 18.9 Å². The van der Waals surface area contributed by atoms with E-state index in [1.165, 1.54) is 12.7 Å². The third-order valence-corrected chi connectivity index (χ3v) is 5.74. The predicted molar refractivity (Wildman–Crippen MR) is 124 cm³/mol. The standard InChI is InChI=1S/C25H23N3O5/c1-31-11-12-32-25(30)21-22(29)20(13-18-14-27-23-19(18)7-4-9-26-23)33-24(21)28-10-8-16-5-2-3-6-17(16)15-28/h2-7,9,13-14,29H,8,10-12,15H2,1H3. The Kier molecular flexibility index (Phi) is 5.66. The summed E-state index contributed by atoms with van der Waals surface area (Å²) in [5, 5.41) is 11.0. The van der Waals surface area contributed by atoms with Gasteiger partial charge in [0.2, 0.25) is 5.88 Å². The minimum atomic E-state index is -0.658. The maximum atomic E-state index is 12.9. The number of esters is 1. The first kappa shape index (κ1) is 21.0. The zero-order chi connectivity index (χ0) is 22.8. The van der Waals surface area contributed by atoms with E-state index in [1.54, 1.807) is 18.5 Å². The SMILES string of the molecule is COCCOC(=O)c1c(N2CCc3ccccc3C2)oc(C=C2C=Nc3ncccc32)c1O. The van der Waals surface area contributed by atoms with Crippen LogP contribution < -0.4 is 4.90 Å². The molecule has 3 aromatic rings. The summed E-state index contributed by atoms with van der Waals surface area (Å²) in [5.41, 5.74) is 3.99. The van der Waals surface area contributed by atoms with Gasteiger partial charge in [-0.2, -0.15) is 0 Å². The summed E-state index contributed by atoms with van der Waals surface area (Å²) >= 11 is 0. The molecule has 168 valence electrons. The van der Waals surface area contributed by atoms with Gasteiger partial charge < -0.3 is 23.9 Å². The maximum absolute atomic E-state index is 12.9. The van der Waals surface area contributed by atoms with E-state index in [-0.39, 0.29) is 36.2 Å². The molecule has 0 radical (unpaired) electrons. The molecular formula is C25H23N3O5. The van der Waals surface area contributed by atoms with Gasteiger partial charge in [0.05, 0.1) is 6.61 Å². The molecule has 5 rings (SSSR count). The molecule has 1 N–H and O–H groups in total. The van der Waals surface area contributed by atoms with Gasteiger partial charge in [-0.3, -0.25) is 0 Å². The normalized spacial score (nSPS) is 15.5. The summed E-state index contributed by atoms with van der Waals surface area (Å²) in [4.78, 5) is 23.4. The van der Waals surface area contributed by atoms with Gasteiger partial charge in [-0.05, 0) is 35.8 Å². The van der Waals surface area contributed by atoms with Crippen LogP contribution in [0.3, 0.4) is 0 Å². The van der Waals surface area contributed by atoms with Gasteiger partial charge in [-0.25, -0.2) is 14.8 Å². The number of furan rings is 1. The predicted octanol–water partition coefficient (Wildman–Crippen LogP) is 4.00. The van der Waals surface area contributed by atoms with Crippen molar-refractivity contribution in [3.63, 3.8) is 0 Å². The molecule has 0 saturated carbocycles. The van der Waals surface area contributed by atoms with Crippen LogP contribution in [-0.2, 0) is 22.4 Å². The number of anilines is 1. The average Bonchev–Trinajstić information content (AvgIpc) is 3.40. The summed E-state index contributed by atoms with van der Waals surface area (Å²) < 4.78 is 16.4. The van der Waals surface area contributed by atoms with Crippen molar-refractivity contribution >= 4 is 35.5 Å². The fourth-order valence-corrected chi connectivity index (χ4v) is 4.07. The summed E-state index contributed by atoms with van der Waals surface area (Å²) in [6, 6.07) is 11.9. The van der Waals surface area contributed by atoms with Crippen molar-refractivity contribution in [3.05, 3.63) is 70.6 Å². The molecule has 0 amide bonds. The summed E-state index contributed by atoms with van der Waals surface area (Å²) in [6.45, 7) is 1.54. The second-order valence-corrected chi connectivity index (χ2v) is 7.80. The number of fused-ring (bicyclic) bond motifs is 2. The molecule has 2 aliphatic rings. The zero-order valence-electron chi connectivity index (χ0n) is 18.2. The molecule has 8 nitrogen and oxygen atoms in total. The van der Waals surface area contributed by atoms with E-state index in [1.807, 2.05) is 29.2 Å². The molecular weight excluding hydrogens is 422 g/mol. The van der Waals surface area contributed by atoms with E-state index < -0.39 is 5.97 Å². The van der Waals surface area contributed by atoms with Gasteiger partial charge in [0.1, 0.15) is 6.61 Å². The summed E-state index contributed by atoms with van der Waals surface area (Å²) in [5.74, 6) is 0.138. The van der Waals surface area contributed by atoms with Crippen molar-refractivity contribution in [2.45, 2.75) is 13.0 Å². The van der Waals surface area contributed by atoms with Crippen LogP contribution in [0.25, 0.3) is 11.6 Å². The van der Waals surface area contributed by atoms with Crippen molar-refractivity contribution in [2.24, 2.45) is 4.99 Å². The molecule has 0 atom stereocenters. The third kappa shape index (κ3) is 4.01. The molecule has 2 aliphatic heterocycles. The number of aliphatic imine (C=N–C) groups is 1. The van der Waals surface area contributed by atoms with E-state index in [4.69, 9.17) is 13.9 Å². The Morgan fingerprint density at radius 2 is 2.06 bits per heavy atom. The fraction of sp³-hybridized carbons (Fsp3) is 0.240. The number of carbonyl (C=O) groups is 1. The van der Waals surface area contributed by atoms with E-state index in [9.17, 15) is 9.90 Å². The number of carbonyl (C=O) groups excluding carboxylic acids is 1. The topological polar surface area (TPSA) is 97.4 Å². The average molecular weight is 445 g/mol. The Balaban J connectivity index is 1.53. The highest BCUT2D eigenvalue weighted by Gasteiger charge is 2.31. The van der Waals surface area contributed by atoms with Crippen LogP contribution in [0, 0.1) is 0 Å². The van der Waals surface area contributed by atoms with Crippen LogP contribution in [-0.4, -0.2) is 49.1 Å². The Bertz CT molecular complexity index is 1260. The Morgan fingerprint density at radius 1 is 1.21 bits per heavy atom. The molecule has 2 aromatic heterocycles. The number of nitrogens with zero attached hydrogens (tertiary/aromatic N) is 3. The molecule has 0 aliphatic carbocycles. The first-order chi connectivity index (χ1) is 16.2. The van der Waals surface area contributed by atoms with Crippen molar-refractivity contribution in [1.29, 1.82) is 0 Å². The van der Waals surface area contributed by atoms with Gasteiger partial charge in [-0.1, -0.05) is 24.3 Å². The van der Waals surface area contributed by atoms with Crippen molar-refractivity contribution in [2.75, 3.05) is 31.8 Å². The number of pyridine rings is 1. The number of aromatic hydroxyl groups is 1. The highest BCUT2D eigenvalue weighted by atomic mass is 16.6. The number of benzene rings is 1. The maximum Gasteiger partial charge on any atom is 0.347 e. The van der Waals surface area contributed by atoms with Crippen LogP contribution in [0.5, 0.6) is 5.75 Å². The number of methoxy groups -OCH3 is 1. The third-order valence-electron chi connectivity index (χ3n) is 5.74. The van der Waals surface area contributed by atoms with Gasteiger partial charge in [0.25, 0.3) is 0 Å². The highest BCUT2D eigenvalue weighted by Crippen LogP contribution is 2.41.